The molecule has 30 heavy (non-hydrogen) atoms. The summed E-state index contributed by atoms with van der Waals surface area (Å²) in [6, 6.07) is 14.3. The van der Waals surface area contributed by atoms with E-state index < -0.39 is 0 Å². The SMILES string of the molecule is CC(C)(C)c1ccc(CNC(=O)c2cc(CNC3CCC(N)CC3)ccc2O)cc1. The van der Waals surface area contributed by atoms with Crippen molar-refractivity contribution in [2.45, 2.75) is 77.0 Å². The van der Waals surface area contributed by atoms with Crippen molar-refractivity contribution in [3.05, 3.63) is 64.7 Å². The maximum atomic E-state index is 12.7. The van der Waals surface area contributed by atoms with Crippen LogP contribution in [-0.4, -0.2) is 23.1 Å². The minimum atomic E-state index is -0.266. The predicted molar refractivity (Wildman–Crippen MR) is 121 cm³/mol. The summed E-state index contributed by atoms with van der Waals surface area (Å²) in [6.45, 7) is 7.63. The Morgan fingerprint density at radius 2 is 1.63 bits per heavy atom. The van der Waals surface area contributed by atoms with Crippen LogP contribution >= 0.6 is 0 Å². The van der Waals surface area contributed by atoms with Crippen molar-refractivity contribution in [1.82, 2.24) is 10.6 Å². The Labute approximate surface area is 180 Å². The molecule has 0 atom stereocenters. The van der Waals surface area contributed by atoms with Gasteiger partial charge in [0, 0.05) is 25.2 Å². The lowest BCUT2D eigenvalue weighted by Crippen LogP contribution is -2.37. The molecule has 2 aromatic rings. The smallest absolute Gasteiger partial charge is 0.255 e. The van der Waals surface area contributed by atoms with E-state index in [-0.39, 0.29) is 17.1 Å². The highest BCUT2D eigenvalue weighted by Crippen LogP contribution is 2.23. The van der Waals surface area contributed by atoms with Crippen LogP contribution in [0.1, 0.15) is 73.5 Å². The van der Waals surface area contributed by atoms with E-state index in [1.165, 1.54) is 5.56 Å². The summed E-state index contributed by atoms with van der Waals surface area (Å²) in [4.78, 5) is 12.7. The molecular weight excluding hydrogens is 374 g/mol. The van der Waals surface area contributed by atoms with Gasteiger partial charge in [0.2, 0.25) is 0 Å². The molecule has 1 fully saturated rings. The van der Waals surface area contributed by atoms with Gasteiger partial charge in [-0.3, -0.25) is 4.79 Å². The standard InChI is InChI=1S/C25H35N3O2/c1-25(2,3)19-7-4-17(5-8-19)15-28-24(30)22-14-18(6-13-23(22)29)16-27-21-11-9-20(26)10-12-21/h4-8,13-14,20-21,27,29H,9-12,15-16,26H2,1-3H3,(H,28,30). The number of amides is 1. The van der Waals surface area contributed by atoms with E-state index in [9.17, 15) is 9.90 Å². The Balaban J connectivity index is 1.56. The number of phenolic OH excluding ortho intramolecular Hbond substituents is 1. The largest absolute Gasteiger partial charge is 0.507 e. The molecule has 162 valence electrons. The van der Waals surface area contributed by atoms with Crippen LogP contribution in [0.15, 0.2) is 42.5 Å². The molecular formula is C25H35N3O2. The summed E-state index contributed by atoms with van der Waals surface area (Å²) in [5.74, 6) is -0.263. The van der Waals surface area contributed by atoms with Crippen LogP contribution in [0.4, 0.5) is 0 Å². The highest BCUT2D eigenvalue weighted by atomic mass is 16.3. The zero-order valence-corrected chi connectivity index (χ0v) is 18.4. The molecule has 0 saturated heterocycles. The molecule has 1 aliphatic rings. The number of nitrogens with one attached hydrogen (secondary N) is 2. The molecule has 0 aromatic heterocycles. The molecule has 5 nitrogen and oxygen atoms in total. The second kappa shape index (κ2) is 9.63. The zero-order chi connectivity index (χ0) is 21.7. The fourth-order valence-electron chi connectivity index (χ4n) is 3.86. The Hall–Kier alpha value is -2.37. The minimum Gasteiger partial charge on any atom is -0.507 e. The second-order valence-corrected chi connectivity index (χ2v) is 9.47. The van der Waals surface area contributed by atoms with Crippen LogP contribution < -0.4 is 16.4 Å². The van der Waals surface area contributed by atoms with E-state index in [0.717, 1.165) is 36.8 Å². The summed E-state index contributed by atoms with van der Waals surface area (Å²) in [5.41, 5.74) is 9.66. The Bertz CT molecular complexity index is 848. The van der Waals surface area contributed by atoms with Crippen molar-refractivity contribution in [3.8, 4) is 5.75 Å². The summed E-state index contributed by atoms with van der Waals surface area (Å²) in [6.07, 6.45) is 4.27. The lowest BCUT2D eigenvalue weighted by Gasteiger charge is -2.27. The normalized spacial score (nSPS) is 19.5. The third-order valence-electron chi connectivity index (χ3n) is 5.95. The molecule has 5 heteroatoms. The highest BCUT2D eigenvalue weighted by molar-refractivity contribution is 5.96. The van der Waals surface area contributed by atoms with E-state index in [2.05, 4.69) is 43.5 Å². The van der Waals surface area contributed by atoms with Crippen molar-refractivity contribution < 1.29 is 9.90 Å². The number of hydrogen-bond donors (Lipinski definition) is 4. The molecule has 1 aliphatic carbocycles. The molecule has 2 aromatic carbocycles. The van der Waals surface area contributed by atoms with Crippen LogP contribution in [0.5, 0.6) is 5.75 Å². The van der Waals surface area contributed by atoms with Gasteiger partial charge in [0.15, 0.2) is 0 Å². The lowest BCUT2D eigenvalue weighted by atomic mass is 9.87. The van der Waals surface area contributed by atoms with Crippen molar-refractivity contribution in [2.24, 2.45) is 5.73 Å². The summed E-state index contributed by atoms with van der Waals surface area (Å²) < 4.78 is 0. The average molecular weight is 410 g/mol. The second-order valence-electron chi connectivity index (χ2n) is 9.47. The number of carbonyl (C=O) groups is 1. The molecule has 1 amide bonds. The molecule has 1 saturated carbocycles. The number of nitrogens with two attached hydrogens (primary N) is 1. The maximum absolute atomic E-state index is 12.7. The quantitative estimate of drug-likeness (QED) is 0.581. The van der Waals surface area contributed by atoms with Crippen LogP contribution in [0.2, 0.25) is 0 Å². The fraction of sp³-hybridized carbons (Fsp3) is 0.480. The number of rotatable bonds is 6. The molecule has 0 bridgehead atoms. The average Bonchev–Trinajstić information content (AvgIpc) is 2.72. The van der Waals surface area contributed by atoms with Gasteiger partial charge >= 0.3 is 0 Å². The minimum absolute atomic E-state index is 0.00275. The number of benzene rings is 2. The van der Waals surface area contributed by atoms with E-state index in [1.54, 1.807) is 12.1 Å². The molecule has 5 N–H and O–H groups in total. The van der Waals surface area contributed by atoms with E-state index in [0.29, 0.717) is 30.7 Å². The first kappa shape index (κ1) is 22.3. The van der Waals surface area contributed by atoms with Gasteiger partial charge in [0.05, 0.1) is 5.56 Å². The third-order valence-corrected chi connectivity index (χ3v) is 5.95. The zero-order valence-electron chi connectivity index (χ0n) is 18.4. The van der Waals surface area contributed by atoms with Gasteiger partial charge in [-0.1, -0.05) is 51.1 Å². The molecule has 0 aliphatic heterocycles. The Kier molecular flexibility index (Phi) is 7.16. The molecule has 0 heterocycles. The van der Waals surface area contributed by atoms with Gasteiger partial charge in [-0.2, -0.15) is 0 Å². The van der Waals surface area contributed by atoms with Crippen LogP contribution in [0.25, 0.3) is 0 Å². The lowest BCUT2D eigenvalue weighted by molar-refractivity contribution is 0.0948. The van der Waals surface area contributed by atoms with Gasteiger partial charge in [-0.15, -0.1) is 0 Å². The number of aromatic hydroxyl groups is 1. The predicted octanol–water partition coefficient (Wildman–Crippen LogP) is 3.98. The molecule has 0 radical (unpaired) electrons. The Morgan fingerprint density at radius 1 is 1.00 bits per heavy atom. The highest BCUT2D eigenvalue weighted by Gasteiger charge is 2.18. The first-order valence-electron chi connectivity index (χ1n) is 10.9. The van der Waals surface area contributed by atoms with E-state index in [1.807, 2.05) is 18.2 Å². The number of phenols is 1. The van der Waals surface area contributed by atoms with Crippen molar-refractivity contribution in [1.29, 1.82) is 0 Å². The topological polar surface area (TPSA) is 87.4 Å². The van der Waals surface area contributed by atoms with Gasteiger partial charge in [-0.05, 0) is 59.9 Å². The van der Waals surface area contributed by atoms with Crippen LogP contribution in [0.3, 0.4) is 0 Å². The molecule has 0 unspecified atom stereocenters. The summed E-state index contributed by atoms with van der Waals surface area (Å²) >= 11 is 0. The maximum Gasteiger partial charge on any atom is 0.255 e. The molecule has 0 spiro atoms. The summed E-state index contributed by atoms with van der Waals surface area (Å²) in [5, 5.41) is 16.6. The van der Waals surface area contributed by atoms with Crippen LogP contribution in [0, 0.1) is 0 Å². The van der Waals surface area contributed by atoms with Crippen molar-refractivity contribution in [3.63, 3.8) is 0 Å². The van der Waals surface area contributed by atoms with Gasteiger partial charge in [0.25, 0.3) is 5.91 Å². The van der Waals surface area contributed by atoms with Gasteiger partial charge < -0.3 is 21.5 Å². The fourth-order valence-corrected chi connectivity index (χ4v) is 3.86. The Morgan fingerprint density at radius 3 is 2.27 bits per heavy atom. The number of carbonyl (C=O) groups excluding carboxylic acids is 1. The van der Waals surface area contributed by atoms with Crippen molar-refractivity contribution in [2.75, 3.05) is 0 Å². The molecule has 3 rings (SSSR count). The first-order valence-corrected chi connectivity index (χ1v) is 10.9. The first-order chi connectivity index (χ1) is 14.2. The van der Waals surface area contributed by atoms with E-state index >= 15 is 0 Å². The van der Waals surface area contributed by atoms with Crippen LogP contribution in [-0.2, 0) is 18.5 Å². The van der Waals surface area contributed by atoms with Gasteiger partial charge in [0.1, 0.15) is 5.75 Å². The monoisotopic (exact) mass is 409 g/mol. The van der Waals surface area contributed by atoms with E-state index in [4.69, 9.17) is 5.73 Å². The van der Waals surface area contributed by atoms with Gasteiger partial charge in [-0.25, -0.2) is 0 Å². The third kappa shape index (κ3) is 6.07. The van der Waals surface area contributed by atoms with Crippen molar-refractivity contribution >= 4 is 5.91 Å². The number of hydrogen-bond acceptors (Lipinski definition) is 4. The summed E-state index contributed by atoms with van der Waals surface area (Å²) in [7, 11) is 0.